The lowest BCUT2D eigenvalue weighted by molar-refractivity contribution is 0.573. The maximum absolute atomic E-state index is 4.36. The number of aromatic nitrogens is 4. The molecule has 0 bridgehead atoms. The van der Waals surface area contributed by atoms with E-state index in [0.717, 1.165) is 23.6 Å². The molecule has 0 saturated heterocycles. The molecule has 3 rings (SSSR count). The fourth-order valence-electron chi connectivity index (χ4n) is 2.59. The van der Waals surface area contributed by atoms with Crippen molar-refractivity contribution in [2.45, 2.75) is 26.4 Å². The number of nitrogens with zero attached hydrogens (tertiary/aromatic N) is 3. The lowest BCUT2D eigenvalue weighted by atomic mass is 10.0. The molecule has 0 spiro atoms. The van der Waals surface area contributed by atoms with E-state index in [9.17, 15) is 0 Å². The fourth-order valence-corrected chi connectivity index (χ4v) is 2.59. The summed E-state index contributed by atoms with van der Waals surface area (Å²) in [6, 6.07) is 6.06. The Balaban J connectivity index is 1.81. The highest BCUT2D eigenvalue weighted by Crippen LogP contribution is 2.28. The van der Waals surface area contributed by atoms with Gasteiger partial charge in [-0.1, -0.05) is 0 Å². The van der Waals surface area contributed by atoms with Crippen LogP contribution in [0.2, 0.25) is 0 Å². The van der Waals surface area contributed by atoms with Gasteiger partial charge in [0.15, 0.2) is 5.82 Å². The van der Waals surface area contributed by atoms with Crippen molar-refractivity contribution in [3.8, 4) is 11.4 Å². The number of hydrogen-bond acceptors (Lipinski definition) is 4. The molecule has 0 aromatic carbocycles. The second-order valence-corrected chi connectivity index (χ2v) is 5.27. The molecule has 0 amide bonds. The van der Waals surface area contributed by atoms with Crippen LogP contribution in [0.5, 0.6) is 0 Å². The third kappa shape index (κ3) is 3.04. The Morgan fingerprint density at radius 3 is 2.59 bits per heavy atom. The van der Waals surface area contributed by atoms with Gasteiger partial charge in [-0.2, -0.15) is 0 Å². The predicted octanol–water partition coefficient (Wildman–Crippen LogP) is 3.03. The van der Waals surface area contributed by atoms with Crippen molar-refractivity contribution in [3.63, 3.8) is 0 Å². The highest BCUT2D eigenvalue weighted by molar-refractivity contribution is 5.61. The van der Waals surface area contributed by atoms with Crippen LogP contribution in [0.25, 0.3) is 11.4 Å². The minimum absolute atomic E-state index is 0.193. The first-order chi connectivity index (χ1) is 10.8. The molecular formula is C17H19N5. The molecule has 3 aromatic heterocycles. The summed E-state index contributed by atoms with van der Waals surface area (Å²) in [5.41, 5.74) is 4.61. The first kappa shape index (κ1) is 14.4. The zero-order chi connectivity index (χ0) is 15.4. The third-order valence-electron chi connectivity index (χ3n) is 3.73. The summed E-state index contributed by atoms with van der Waals surface area (Å²) in [5.74, 6) is 0.749. The lowest BCUT2D eigenvalue weighted by Gasteiger charge is -2.16. The number of hydrogen-bond donors (Lipinski definition) is 2. The largest absolute Gasteiger partial charge is 0.364 e. The minimum atomic E-state index is 0.193. The Labute approximate surface area is 129 Å². The average Bonchev–Trinajstić information content (AvgIpc) is 2.96. The molecule has 5 heteroatoms. The summed E-state index contributed by atoms with van der Waals surface area (Å²) in [5, 5.41) is 3.55. The standard InChI is InChI=1S/C17H19N5/c1-12(21-10-14-4-8-18-9-5-14)16-13(2)22-11-15(16)17-19-6-3-7-20-17/h3-9,11-12,21-22H,10H2,1-2H3. The smallest absolute Gasteiger partial charge is 0.160 e. The summed E-state index contributed by atoms with van der Waals surface area (Å²) < 4.78 is 0. The number of aromatic amines is 1. The quantitative estimate of drug-likeness (QED) is 0.759. The number of aryl methyl sites for hydroxylation is 1. The number of nitrogens with one attached hydrogen (secondary N) is 2. The monoisotopic (exact) mass is 293 g/mol. The fraction of sp³-hybridized carbons (Fsp3) is 0.235. The zero-order valence-corrected chi connectivity index (χ0v) is 12.7. The number of pyridine rings is 1. The van der Waals surface area contributed by atoms with Crippen molar-refractivity contribution in [2.24, 2.45) is 0 Å². The van der Waals surface area contributed by atoms with Crippen LogP contribution in [0.4, 0.5) is 0 Å². The van der Waals surface area contributed by atoms with Gasteiger partial charge in [0.05, 0.1) is 0 Å². The molecular weight excluding hydrogens is 274 g/mol. The maximum atomic E-state index is 4.36. The van der Waals surface area contributed by atoms with E-state index in [1.54, 1.807) is 12.4 Å². The molecule has 0 aliphatic carbocycles. The predicted molar refractivity (Wildman–Crippen MR) is 86.0 cm³/mol. The highest BCUT2D eigenvalue weighted by Gasteiger charge is 2.17. The van der Waals surface area contributed by atoms with Gasteiger partial charge in [0.1, 0.15) is 0 Å². The number of rotatable bonds is 5. The molecule has 1 atom stereocenters. The molecule has 0 fully saturated rings. The zero-order valence-electron chi connectivity index (χ0n) is 12.7. The van der Waals surface area contributed by atoms with Gasteiger partial charge in [0.25, 0.3) is 0 Å². The summed E-state index contributed by atoms with van der Waals surface area (Å²) in [4.78, 5) is 16.0. The van der Waals surface area contributed by atoms with Crippen LogP contribution in [0.1, 0.15) is 29.8 Å². The second kappa shape index (κ2) is 6.49. The summed E-state index contributed by atoms with van der Waals surface area (Å²) in [7, 11) is 0. The first-order valence-electron chi connectivity index (χ1n) is 7.33. The van der Waals surface area contributed by atoms with E-state index in [4.69, 9.17) is 0 Å². The van der Waals surface area contributed by atoms with Gasteiger partial charge in [0, 0.05) is 60.4 Å². The van der Waals surface area contributed by atoms with Gasteiger partial charge in [-0.25, -0.2) is 9.97 Å². The van der Waals surface area contributed by atoms with Gasteiger partial charge >= 0.3 is 0 Å². The molecule has 0 aliphatic rings. The van der Waals surface area contributed by atoms with Crippen molar-refractivity contribution in [3.05, 3.63) is 66.0 Å². The molecule has 3 heterocycles. The summed E-state index contributed by atoms with van der Waals surface area (Å²) in [6.45, 7) is 5.03. The SMILES string of the molecule is Cc1[nH]cc(-c2ncccn2)c1C(C)NCc1ccncc1. The summed E-state index contributed by atoms with van der Waals surface area (Å²) >= 11 is 0. The van der Waals surface area contributed by atoms with Gasteiger partial charge in [-0.3, -0.25) is 4.98 Å². The second-order valence-electron chi connectivity index (χ2n) is 5.27. The van der Waals surface area contributed by atoms with E-state index in [1.807, 2.05) is 36.8 Å². The van der Waals surface area contributed by atoms with Crippen molar-refractivity contribution >= 4 is 0 Å². The van der Waals surface area contributed by atoms with Crippen molar-refractivity contribution < 1.29 is 0 Å². The van der Waals surface area contributed by atoms with Gasteiger partial charge < -0.3 is 10.3 Å². The van der Waals surface area contributed by atoms with Crippen LogP contribution in [0, 0.1) is 6.92 Å². The van der Waals surface area contributed by atoms with Crippen LogP contribution in [-0.2, 0) is 6.54 Å². The Kier molecular flexibility index (Phi) is 4.25. The molecule has 1 unspecified atom stereocenters. The minimum Gasteiger partial charge on any atom is -0.364 e. The molecule has 22 heavy (non-hydrogen) atoms. The average molecular weight is 293 g/mol. The van der Waals surface area contributed by atoms with E-state index in [2.05, 4.69) is 39.1 Å². The van der Waals surface area contributed by atoms with E-state index in [1.165, 1.54) is 11.1 Å². The molecule has 3 aromatic rings. The molecule has 0 radical (unpaired) electrons. The third-order valence-corrected chi connectivity index (χ3v) is 3.73. The Bertz CT molecular complexity index is 721. The molecule has 0 saturated carbocycles. The van der Waals surface area contributed by atoms with Crippen LogP contribution < -0.4 is 5.32 Å². The van der Waals surface area contributed by atoms with E-state index in [-0.39, 0.29) is 6.04 Å². The van der Waals surface area contributed by atoms with Crippen LogP contribution in [-0.4, -0.2) is 19.9 Å². The van der Waals surface area contributed by atoms with Gasteiger partial charge in [0.2, 0.25) is 0 Å². The van der Waals surface area contributed by atoms with Crippen molar-refractivity contribution in [2.75, 3.05) is 0 Å². The Morgan fingerprint density at radius 1 is 1.14 bits per heavy atom. The highest BCUT2D eigenvalue weighted by atomic mass is 14.9. The Hall–Kier alpha value is -2.53. The van der Waals surface area contributed by atoms with E-state index < -0.39 is 0 Å². The van der Waals surface area contributed by atoms with Crippen molar-refractivity contribution in [1.29, 1.82) is 0 Å². The first-order valence-corrected chi connectivity index (χ1v) is 7.33. The molecule has 2 N–H and O–H groups in total. The topological polar surface area (TPSA) is 66.5 Å². The van der Waals surface area contributed by atoms with Crippen LogP contribution in [0.3, 0.4) is 0 Å². The van der Waals surface area contributed by atoms with Gasteiger partial charge in [-0.05, 0) is 37.6 Å². The molecule has 0 aliphatic heterocycles. The van der Waals surface area contributed by atoms with E-state index in [0.29, 0.717) is 0 Å². The normalized spacial score (nSPS) is 12.3. The molecule has 5 nitrogen and oxygen atoms in total. The lowest BCUT2D eigenvalue weighted by Crippen LogP contribution is -2.19. The van der Waals surface area contributed by atoms with Crippen molar-refractivity contribution in [1.82, 2.24) is 25.3 Å². The Morgan fingerprint density at radius 2 is 1.86 bits per heavy atom. The number of H-pyrrole nitrogens is 1. The van der Waals surface area contributed by atoms with Gasteiger partial charge in [-0.15, -0.1) is 0 Å². The van der Waals surface area contributed by atoms with E-state index >= 15 is 0 Å². The summed E-state index contributed by atoms with van der Waals surface area (Å²) in [6.07, 6.45) is 9.14. The van der Waals surface area contributed by atoms with Crippen LogP contribution in [0.15, 0.2) is 49.2 Å². The maximum Gasteiger partial charge on any atom is 0.160 e. The molecule has 112 valence electrons. The van der Waals surface area contributed by atoms with Crippen LogP contribution >= 0.6 is 0 Å².